The summed E-state index contributed by atoms with van der Waals surface area (Å²) in [6, 6.07) is 6.59. The lowest BCUT2D eigenvalue weighted by molar-refractivity contribution is -0.116. The molecule has 6 nitrogen and oxygen atoms in total. The molecule has 1 aromatic heterocycles. The fourth-order valence-electron chi connectivity index (χ4n) is 2.71. The van der Waals surface area contributed by atoms with Crippen LogP contribution in [0.15, 0.2) is 30.5 Å². The van der Waals surface area contributed by atoms with E-state index in [1.54, 1.807) is 18.3 Å². The molecule has 2 N–H and O–H groups in total. The predicted molar refractivity (Wildman–Crippen MR) is 114 cm³/mol. The Morgan fingerprint density at radius 1 is 1.24 bits per heavy atom. The maximum atomic E-state index is 12.8. The third-order valence-electron chi connectivity index (χ3n) is 4.46. The Morgan fingerprint density at radius 3 is 2.76 bits per heavy atom. The Balaban J connectivity index is 1.68. The number of ether oxygens (including phenoxy) is 1. The number of carbonyl (C=O) groups is 2. The number of benzene rings is 1. The van der Waals surface area contributed by atoms with Crippen LogP contribution in [0.25, 0.3) is 0 Å². The van der Waals surface area contributed by atoms with Crippen LogP contribution >= 0.6 is 23.2 Å². The molecule has 1 aliphatic carbocycles. The van der Waals surface area contributed by atoms with E-state index in [1.165, 1.54) is 25.0 Å². The lowest BCUT2D eigenvalue weighted by atomic mass is 10.1. The number of pyridine rings is 1. The van der Waals surface area contributed by atoms with Crippen molar-refractivity contribution in [3.63, 3.8) is 0 Å². The van der Waals surface area contributed by atoms with Gasteiger partial charge in [0, 0.05) is 30.3 Å². The Labute approximate surface area is 179 Å². The molecule has 8 heteroatoms. The van der Waals surface area contributed by atoms with Gasteiger partial charge >= 0.3 is 0 Å². The number of carbonyl (C=O) groups excluding carboxylic acids is 2. The van der Waals surface area contributed by atoms with Gasteiger partial charge in [0.15, 0.2) is 0 Å². The van der Waals surface area contributed by atoms with Crippen molar-refractivity contribution in [1.29, 1.82) is 0 Å². The summed E-state index contributed by atoms with van der Waals surface area (Å²) in [5, 5.41) is 6.06. The molecule has 0 spiro atoms. The van der Waals surface area contributed by atoms with Crippen molar-refractivity contribution >= 4 is 40.7 Å². The van der Waals surface area contributed by atoms with E-state index in [0.717, 1.165) is 5.56 Å². The molecule has 0 unspecified atom stereocenters. The van der Waals surface area contributed by atoms with Crippen LogP contribution in [0.4, 0.5) is 5.69 Å². The maximum Gasteiger partial charge on any atom is 0.253 e. The molecule has 1 aromatic carbocycles. The standard InChI is InChI=1S/C21H23Cl2N3O3/c1-2-3-18(27)26-20-16(9-15(22)10-17(20)23)21(28)25-11-14-6-7-24-19(8-14)29-12-13-4-5-13/h6-10,13H,2-5,11-12H2,1H3,(H,25,28)(H,26,27). The minimum absolute atomic E-state index is 0.211. The summed E-state index contributed by atoms with van der Waals surface area (Å²) in [6.07, 6.45) is 5.08. The molecule has 0 atom stereocenters. The maximum absolute atomic E-state index is 12.8. The van der Waals surface area contributed by atoms with Gasteiger partial charge in [0.05, 0.1) is 22.9 Å². The van der Waals surface area contributed by atoms with Crippen LogP contribution in [0.5, 0.6) is 5.88 Å². The summed E-state index contributed by atoms with van der Waals surface area (Å²) in [5.41, 5.74) is 1.32. The highest BCUT2D eigenvalue weighted by atomic mass is 35.5. The van der Waals surface area contributed by atoms with E-state index in [4.69, 9.17) is 27.9 Å². The average Bonchev–Trinajstić information content (AvgIpc) is 3.51. The predicted octanol–water partition coefficient (Wildman–Crippen LogP) is 4.85. The third kappa shape index (κ3) is 6.34. The van der Waals surface area contributed by atoms with Crippen LogP contribution in [0.2, 0.25) is 10.0 Å². The normalized spacial score (nSPS) is 13.1. The first-order valence-corrected chi connectivity index (χ1v) is 10.4. The van der Waals surface area contributed by atoms with Crippen molar-refractivity contribution in [3.8, 4) is 5.88 Å². The molecule has 1 aliphatic rings. The first-order chi connectivity index (χ1) is 14.0. The van der Waals surface area contributed by atoms with Gasteiger partial charge < -0.3 is 15.4 Å². The smallest absolute Gasteiger partial charge is 0.253 e. The Morgan fingerprint density at radius 2 is 2.03 bits per heavy atom. The fraction of sp³-hybridized carbons (Fsp3) is 0.381. The zero-order valence-corrected chi connectivity index (χ0v) is 17.6. The quantitative estimate of drug-likeness (QED) is 0.589. The van der Waals surface area contributed by atoms with Gasteiger partial charge in [-0.3, -0.25) is 9.59 Å². The van der Waals surface area contributed by atoms with E-state index in [0.29, 0.717) is 36.3 Å². The molecule has 0 radical (unpaired) electrons. The molecule has 2 amide bonds. The summed E-state index contributed by atoms with van der Waals surface area (Å²) < 4.78 is 5.67. The molecule has 2 aromatic rings. The van der Waals surface area contributed by atoms with Gasteiger partial charge in [0.25, 0.3) is 5.91 Å². The number of hydrogen-bond donors (Lipinski definition) is 2. The number of amides is 2. The second kappa shape index (κ2) is 9.94. The van der Waals surface area contributed by atoms with Crippen molar-refractivity contribution in [2.24, 2.45) is 5.92 Å². The molecule has 0 aliphatic heterocycles. The third-order valence-corrected chi connectivity index (χ3v) is 4.97. The molecule has 154 valence electrons. The average molecular weight is 436 g/mol. The first-order valence-electron chi connectivity index (χ1n) is 9.61. The summed E-state index contributed by atoms with van der Waals surface area (Å²) in [5.74, 6) is 0.576. The minimum Gasteiger partial charge on any atom is -0.477 e. The zero-order valence-electron chi connectivity index (χ0n) is 16.1. The van der Waals surface area contributed by atoms with Crippen LogP contribution in [-0.2, 0) is 11.3 Å². The number of rotatable bonds is 9. The molecule has 0 bridgehead atoms. The molecular weight excluding hydrogens is 413 g/mol. The van der Waals surface area contributed by atoms with Crippen molar-refractivity contribution in [2.45, 2.75) is 39.2 Å². The summed E-state index contributed by atoms with van der Waals surface area (Å²) in [6.45, 7) is 2.84. The van der Waals surface area contributed by atoms with Gasteiger partial charge in [0.1, 0.15) is 0 Å². The molecule has 3 rings (SSSR count). The van der Waals surface area contributed by atoms with Crippen LogP contribution in [0.3, 0.4) is 0 Å². The summed E-state index contributed by atoms with van der Waals surface area (Å²) in [7, 11) is 0. The molecule has 0 saturated heterocycles. The molecule has 29 heavy (non-hydrogen) atoms. The Bertz CT molecular complexity index is 901. The van der Waals surface area contributed by atoms with Crippen molar-refractivity contribution in [3.05, 3.63) is 51.6 Å². The lowest BCUT2D eigenvalue weighted by Crippen LogP contribution is -2.25. The number of aromatic nitrogens is 1. The van der Waals surface area contributed by atoms with Crippen LogP contribution in [0.1, 0.15) is 48.5 Å². The van der Waals surface area contributed by atoms with Crippen molar-refractivity contribution in [2.75, 3.05) is 11.9 Å². The van der Waals surface area contributed by atoms with Crippen molar-refractivity contribution in [1.82, 2.24) is 10.3 Å². The number of nitrogens with zero attached hydrogens (tertiary/aromatic N) is 1. The summed E-state index contributed by atoms with van der Waals surface area (Å²) >= 11 is 12.3. The highest BCUT2D eigenvalue weighted by Crippen LogP contribution is 2.31. The number of hydrogen-bond acceptors (Lipinski definition) is 4. The second-order valence-corrected chi connectivity index (χ2v) is 7.89. The largest absolute Gasteiger partial charge is 0.477 e. The van der Waals surface area contributed by atoms with Crippen LogP contribution < -0.4 is 15.4 Å². The lowest BCUT2D eigenvalue weighted by Gasteiger charge is -2.14. The molecule has 1 fully saturated rings. The summed E-state index contributed by atoms with van der Waals surface area (Å²) in [4.78, 5) is 29.0. The van der Waals surface area contributed by atoms with E-state index in [9.17, 15) is 9.59 Å². The monoisotopic (exact) mass is 435 g/mol. The van der Waals surface area contributed by atoms with Gasteiger partial charge in [-0.05, 0) is 48.9 Å². The van der Waals surface area contributed by atoms with Gasteiger partial charge in [-0.25, -0.2) is 4.98 Å². The molecule has 1 heterocycles. The number of halogens is 2. The van der Waals surface area contributed by atoms with Gasteiger partial charge in [0.2, 0.25) is 11.8 Å². The zero-order chi connectivity index (χ0) is 20.8. The number of anilines is 1. The second-order valence-electron chi connectivity index (χ2n) is 7.05. The van der Waals surface area contributed by atoms with Crippen molar-refractivity contribution < 1.29 is 14.3 Å². The SMILES string of the molecule is CCCC(=O)Nc1c(Cl)cc(Cl)cc1C(=O)NCc1ccnc(OCC2CC2)c1. The number of nitrogens with one attached hydrogen (secondary N) is 2. The Kier molecular flexibility index (Phi) is 7.34. The van der Waals surface area contributed by atoms with Crippen LogP contribution in [0, 0.1) is 5.92 Å². The van der Waals surface area contributed by atoms with E-state index < -0.39 is 5.91 Å². The first kappa shape index (κ1) is 21.4. The Hall–Kier alpha value is -2.31. The van der Waals surface area contributed by atoms with E-state index in [1.807, 2.05) is 6.92 Å². The van der Waals surface area contributed by atoms with Gasteiger partial charge in [-0.1, -0.05) is 30.1 Å². The fourth-order valence-corrected chi connectivity index (χ4v) is 3.25. The highest BCUT2D eigenvalue weighted by Gasteiger charge is 2.22. The molecule has 1 saturated carbocycles. The van der Waals surface area contributed by atoms with Gasteiger partial charge in [-0.2, -0.15) is 0 Å². The van der Waals surface area contributed by atoms with E-state index >= 15 is 0 Å². The minimum atomic E-state index is -0.390. The van der Waals surface area contributed by atoms with E-state index in [-0.39, 0.29) is 28.7 Å². The molecular formula is C21H23Cl2N3O3. The topological polar surface area (TPSA) is 80.3 Å². The van der Waals surface area contributed by atoms with E-state index in [2.05, 4.69) is 15.6 Å². The van der Waals surface area contributed by atoms with Gasteiger partial charge in [-0.15, -0.1) is 0 Å². The van der Waals surface area contributed by atoms with Crippen LogP contribution in [-0.4, -0.2) is 23.4 Å². The highest BCUT2D eigenvalue weighted by molar-refractivity contribution is 6.38.